The van der Waals surface area contributed by atoms with Crippen LogP contribution in [0.3, 0.4) is 0 Å². The van der Waals surface area contributed by atoms with Crippen molar-refractivity contribution in [2.24, 2.45) is 0 Å². The highest BCUT2D eigenvalue weighted by atomic mass is 16.5. The number of carbonyl (C=O) groups is 3. The third-order valence-electron chi connectivity index (χ3n) is 3.73. The van der Waals surface area contributed by atoms with E-state index in [0.717, 1.165) is 18.4 Å². The molecule has 2 amide bonds. The van der Waals surface area contributed by atoms with E-state index >= 15 is 0 Å². The number of hydrogen-bond acceptors (Lipinski definition) is 4. The van der Waals surface area contributed by atoms with Crippen molar-refractivity contribution in [1.29, 1.82) is 0 Å². The smallest absolute Gasteiger partial charge is 0.340 e. The van der Waals surface area contributed by atoms with Gasteiger partial charge in [0.05, 0.1) is 17.9 Å². The summed E-state index contributed by atoms with van der Waals surface area (Å²) >= 11 is 0. The minimum atomic E-state index is -0.859. The minimum absolute atomic E-state index is 0.209. The molecule has 2 N–H and O–H groups in total. The fourth-order valence-corrected chi connectivity index (χ4v) is 2.23. The zero-order valence-electron chi connectivity index (χ0n) is 14.9. The average molecular weight is 354 g/mol. The molecule has 6 nitrogen and oxygen atoms in total. The zero-order valence-corrected chi connectivity index (χ0v) is 14.9. The van der Waals surface area contributed by atoms with Gasteiger partial charge in [-0.3, -0.25) is 9.59 Å². The van der Waals surface area contributed by atoms with E-state index in [0.29, 0.717) is 12.3 Å². The highest BCUT2D eigenvalue weighted by Gasteiger charge is 2.19. The number of aryl methyl sites for hydroxylation is 1. The third kappa shape index (κ3) is 5.17. The Morgan fingerprint density at radius 3 is 2.12 bits per heavy atom. The van der Waals surface area contributed by atoms with Crippen molar-refractivity contribution in [1.82, 2.24) is 0 Å². The second kappa shape index (κ2) is 9.36. The summed E-state index contributed by atoms with van der Waals surface area (Å²) in [6.45, 7) is 4.13. The summed E-state index contributed by atoms with van der Waals surface area (Å²) < 4.78 is 5.17. The predicted molar refractivity (Wildman–Crippen MR) is 100 cm³/mol. The van der Waals surface area contributed by atoms with Crippen LogP contribution in [0.1, 0.15) is 35.7 Å². The summed E-state index contributed by atoms with van der Waals surface area (Å²) in [6.07, 6.45) is 1.67. The number of carbonyl (C=O) groups excluding carboxylic acids is 3. The maximum atomic E-state index is 12.2. The van der Waals surface area contributed by atoms with Crippen molar-refractivity contribution >= 4 is 29.2 Å². The molecule has 2 aromatic carbocycles. The van der Waals surface area contributed by atoms with E-state index in [1.807, 2.05) is 26.0 Å². The zero-order chi connectivity index (χ0) is 18.9. The van der Waals surface area contributed by atoms with Gasteiger partial charge < -0.3 is 15.4 Å². The Bertz CT molecular complexity index is 802. The van der Waals surface area contributed by atoms with Crippen molar-refractivity contribution in [2.75, 3.05) is 17.2 Å². The molecule has 2 rings (SSSR count). The van der Waals surface area contributed by atoms with Gasteiger partial charge in [0.2, 0.25) is 0 Å². The quantitative estimate of drug-likeness (QED) is 0.472. The van der Waals surface area contributed by atoms with Crippen LogP contribution in [0.4, 0.5) is 11.4 Å². The summed E-state index contributed by atoms with van der Waals surface area (Å²) in [6, 6.07) is 13.6. The standard InChI is InChI=1S/C20H22N2O4/c1-3-4-13-26-20(25)15-10-6-8-12-17(15)22-19(24)18(23)21-16-11-7-5-9-14(16)2/h5-12H,3-4,13H2,1-2H3,(H,21,23)(H,22,24). The summed E-state index contributed by atoms with van der Waals surface area (Å²) in [5.41, 5.74) is 1.84. The van der Waals surface area contributed by atoms with Crippen LogP contribution in [-0.2, 0) is 14.3 Å². The number of ether oxygens (including phenoxy) is 1. The molecule has 0 heterocycles. The highest BCUT2D eigenvalue weighted by molar-refractivity contribution is 6.44. The molecule has 2 aromatic rings. The van der Waals surface area contributed by atoms with Gasteiger partial charge in [-0.25, -0.2) is 4.79 Å². The number of hydrogen-bond donors (Lipinski definition) is 2. The summed E-state index contributed by atoms with van der Waals surface area (Å²) in [5, 5.41) is 5.02. The number of benzene rings is 2. The molecule has 136 valence electrons. The van der Waals surface area contributed by atoms with Gasteiger partial charge in [0.15, 0.2) is 0 Å². The Morgan fingerprint density at radius 1 is 0.885 bits per heavy atom. The maximum Gasteiger partial charge on any atom is 0.340 e. The number of amides is 2. The molecule has 0 aliphatic rings. The van der Waals surface area contributed by atoms with E-state index in [2.05, 4.69) is 10.6 Å². The van der Waals surface area contributed by atoms with E-state index in [1.165, 1.54) is 0 Å². The van der Waals surface area contributed by atoms with Crippen LogP contribution in [0.25, 0.3) is 0 Å². The number of anilines is 2. The fourth-order valence-electron chi connectivity index (χ4n) is 2.23. The first kappa shape index (κ1) is 19.2. The van der Waals surface area contributed by atoms with Crippen LogP contribution in [0.5, 0.6) is 0 Å². The van der Waals surface area contributed by atoms with Crippen molar-refractivity contribution in [2.45, 2.75) is 26.7 Å². The first-order chi connectivity index (χ1) is 12.5. The number of nitrogens with one attached hydrogen (secondary N) is 2. The molecule has 26 heavy (non-hydrogen) atoms. The molecule has 0 fully saturated rings. The van der Waals surface area contributed by atoms with E-state index in [4.69, 9.17) is 4.74 Å². The van der Waals surface area contributed by atoms with Crippen LogP contribution in [0, 0.1) is 6.92 Å². The lowest BCUT2D eigenvalue weighted by Gasteiger charge is -2.11. The second-order valence-electron chi connectivity index (χ2n) is 5.76. The number of esters is 1. The van der Waals surface area contributed by atoms with Gasteiger partial charge in [-0.05, 0) is 37.1 Å². The molecule has 0 aliphatic carbocycles. The fraction of sp³-hybridized carbons (Fsp3) is 0.250. The molecule has 6 heteroatoms. The molecule has 0 spiro atoms. The lowest BCUT2D eigenvalue weighted by molar-refractivity contribution is -0.133. The van der Waals surface area contributed by atoms with Gasteiger partial charge in [0.1, 0.15) is 0 Å². The molecule has 0 radical (unpaired) electrons. The largest absolute Gasteiger partial charge is 0.462 e. The summed E-state index contributed by atoms with van der Waals surface area (Å²) in [5.74, 6) is -2.20. The number of para-hydroxylation sites is 2. The van der Waals surface area contributed by atoms with Crippen molar-refractivity contribution in [3.8, 4) is 0 Å². The third-order valence-corrected chi connectivity index (χ3v) is 3.73. The molecule has 0 unspecified atom stereocenters. The Balaban J connectivity index is 2.05. The molecule has 0 atom stereocenters. The van der Waals surface area contributed by atoms with Crippen LogP contribution in [0.2, 0.25) is 0 Å². The van der Waals surface area contributed by atoms with E-state index in [9.17, 15) is 14.4 Å². The van der Waals surface area contributed by atoms with Gasteiger partial charge in [-0.2, -0.15) is 0 Å². The molecule has 0 saturated heterocycles. The Morgan fingerprint density at radius 2 is 1.46 bits per heavy atom. The van der Waals surface area contributed by atoms with Crippen LogP contribution < -0.4 is 10.6 Å². The van der Waals surface area contributed by atoms with Crippen molar-refractivity contribution in [3.63, 3.8) is 0 Å². The topological polar surface area (TPSA) is 84.5 Å². The Labute approximate surface area is 152 Å². The molecular formula is C20H22N2O4. The average Bonchev–Trinajstić information content (AvgIpc) is 2.64. The lowest BCUT2D eigenvalue weighted by atomic mass is 10.1. The summed E-state index contributed by atoms with van der Waals surface area (Å²) in [7, 11) is 0. The SMILES string of the molecule is CCCCOC(=O)c1ccccc1NC(=O)C(=O)Nc1ccccc1C. The van der Waals surface area contributed by atoms with Gasteiger partial charge in [0, 0.05) is 5.69 Å². The highest BCUT2D eigenvalue weighted by Crippen LogP contribution is 2.17. The minimum Gasteiger partial charge on any atom is -0.462 e. The van der Waals surface area contributed by atoms with Crippen molar-refractivity contribution < 1.29 is 19.1 Å². The van der Waals surface area contributed by atoms with Crippen LogP contribution >= 0.6 is 0 Å². The number of unbranched alkanes of at least 4 members (excludes halogenated alkanes) is 1. The van der Waals surface area contributed by atoms with Crippen molar-refractivity contribution in [3.05, 3.63) is 59.7 Å². The molecule has 0 aromatic heterocycles. The first-order valence-corrected chi connectivity index (χ1v) is 8.47. The predicted octanol–water partition coefficient (Wildman–Crippen LogP) is 3.53. The normalized spacial score (nSPS) is 10.1. The molecule has 0 aliphatic heterocycles. The van der Waals surface area contributed by atoms with E-state index < -0.39 is 17.8 Å². The van der Waals surface area contributed by atoms with E-state index in [1.54, 1.807) is 36.4 Å². The van der Waals surface area contributed by atoms with Gasteiger partial charge >= 0.3 is 17.8 Å². The number of rotatable bonds is 6. The molecule has 0 saturated carbocycles. The molecule has 0 bridgehead atoms. The van der Waals surface area contributed by atoms with Gasteiger partial charge in [-0.1, -0.05) is 43.7 Å². The maximum absolute atomic E-state index is 12.2. The van der Waals surface area contributed by atoms with Gasteiger partial charge in [0.25, 0.3) is 0 Å². The monoisotopic (exact) mass is 354 g/mol. The Kier molecular flexibility index (Phi) is 6.91. The van der Waals surface area contributed by atoms with Crippen LogP contribution in [0.15, 0.2) is 48.5 Å². The van der Waals surface area contributed by atoms with Gasteiger partial charge in [-0.15, -0.1) is 0 Å². The van der Waals surface area contributed by atoms with E-state index in [-0.39, 0.29) is 11.3 Å². The summed E-state index contributed by atoms with van der Waals surface area (Å²) in [4.78, 5) is 36.5. The lowest BCUT2D eigenvalue weighted by Crippen LogP contribution is -2.30. The van der Waals surface area contributed by atoms with Crippen LogP contribution in [-0.4, -0.2) is 24.4 Å². The first-order valence-electron chi connectivity index (χ1n) is 8.47. The Hall–Kier alpha value is -3.15. The second-order valence-corrected chi connectivity index (χ2v) is 5.76. The molecular weight excluding hydrogens is 332 g/mol.